The summed E-state index contributed by atoms with van der Waals surface area (Å²) in [5.41, 5.74) is 0. The lowest BCUT2D eigenvalue weighted by Gasteiger charge is -2.01. The third-order valence-corrected chi connectivity index (χ3v) is 1.50. The van der Waals surface area contributed by atoms with Crippen molar-refractivity contribution in [3.05, 3.63) is 0 Å². The summed E-state index contributed by atoms with van der Waals surface area (Å²) in [6, 6.07) is 0. The van der Waals surface area contributed by atoms with Gasteiger partial charge >= 0.3 is 0 Å². The molecule has 0 aromatic heterocycles. The van der Waals surface area contributed by atoms with E-state index in [1.807, 2.05) is 0 Å². The van der Waals surface area contributed by atoms with Crippen LogP contribution >= 0.6 is 0 Å². The first kappa shape index (κ1) is 13.4. The first-order chi connectivity index (χ1) is 6.91. The van der Waals surface area contributed by atoms with Crippen molar-refractivity contribution < 1.29 is 14.4 Å². The summed E-state index contributed by atoms with van der Waals surface area (Å²) >= 11 is 0. The van der Waals surface area contributed by atoms with Crippen LogP contribution in [0.25, 0.3) is 0 Å². The van der Waals surface area contributed by atoms with Gasteiger partial charge in [-0.3, -0.25) is 0 Å². The first-order valence-electron chi connectivity index (χ1n) is 4.95. The Balaban J connectivity index is 2.94. The minimum atomic E-state index is 0.403. The van der Waals surface area contributed by atoms with Crippen molar-refractivity contribution in [2.75, 3.05) is 26.4 Å². The number of nitrogens with two attached hydrogens (primary N) is 1. The third kappa shape index (κ3) is 11.4. The van der Waals surface area contributed by atoms with Crippen LogP contribution in [-0.2, 0) is 14.4 Å². The number of rotatable bonds is 10. The quantitative estimate of drug-likeness (QED) is 0.328. The standard InChI is InChI=1S/C9H20N2O3/c1-2-3-4-5-11-14-9-7-12-6-8-13-10/h5H,2-4,6-10H2,1H3/b11-5+. The molecule has 0 aromatic carbocycles. The Labute approximate surface area is 85.1 Å². The van der Waals surface area contributed by atoms with Crippen molar-refractivity contribution in [1.29, 1.82) is 0 Å². The maximum absolute atomic E-state index is 5.10. The molecule has 0 heterocycles. The van der Waals surface area contributed by atoms with Crippen LogP contribution in [0.5, 0.6) is 0 Å². The van der Waals surface area contributed by atoms with Crippen LogP contribution in [0.4, 0.5) is 0 Å². The van der Waals surface area contributed by atoms with Crippen molar-refractivity contribution >= 4 is 6.21 Å². The van der Waals surface area contributed by atoms with E-state index in [9.17, 15) is 0 Å². The first-order valence-corrected chi connectivity index (χ1v) is 4.95. The highest BCUT2D eigenvalue weighted by Crippen LogP contribution is 1.90. The SMILES string of the molecule is CCCC/C=N/OCCOCCON. The van der Waals surface area contributed by atoms with Gasteiger partial charge in [-0.05, 0) is 12.8 Å². The second-order valence-electron chi connectivity index (χ2n) is 2.75. The molecule has 0 spiro atoms. The zero-order valence-electron chi connectivity index (χ0n) is 8.78. The average molecular weight is 204 g/mol. The number of hydrogen-bond acceptors (Lipinski definition) is 5. The van der Waals surface area contributed by atoms with Gasteiger partial charge in [-0.2, -0.15) is 0 Å². The molecule has 0 fully saturated rings. The fourth-order valence-electron chi connectivity index (χ4n) is 0.759. The van der Waals surface area contributed by atoms with Gasteiger partial charge in [0.15, 0.2) is 0 Å². The Hall–Kier alpha value is -0.650. The predicted octanol–water partition coefficient (Wildman–Crippen LogP) is 1.09. The summed E-state index contributed by atoms with van der Waals surface area (Å²) < 4.78 is 5.10. The molecule has 0 unspecified atom stereocenters. The lowest BCUT2D eigenvalue weighted by atomic mass is 10.3. The molecule has 0 atom stereocenters. The number of ether oxygens (including phenoxy) is 1. The molecule has 14 heavy (non-hydrogen) atoms. The molecule has 0 bridgehead atoms. The lowest BCUT2D eigenvalue weighted by molar-refractivity contribution is 0.0157. The summed E-state index contributed by atoms with van der Waals surface area (Å²) in [7, 11) is 0. The molecule has 0 aliphatic rings. The average Bonchev–Trinajstić information content (AvgIpc) is 2.21. The molecule has 0 rings (SSSR count). The van der Waals surface area contributed by atoms with Crippen molar-refractivity contribution in [1.82, 2.24) is 0 Å². The van der Waals surface area contributed by atoms with Crippen molar-refractivity contribution in [2.24, 2.45) is 11.1 Å². The van der Waals surface area contributed by atoms with E-state index in [2.05, 4.69) is 16.9 Å². The Kier molecular flexibility index (Phi) is 11.8. The van der Waals surface area contributed by atoms with Crippen LogP contribution in [0, 0.1) is 0 Å². The molecule has 5 nitrogen and oxygen atoms in total. The zero-order chi connectivity index (χ0) is 10.5. The molecule has 0 saturated heterocycles. The maximum atomic E-state index is 5.10. The third-order valence-electron chi connectivity index (χ3n) is 1.50. The van der Waals surface area contributed by atoms with E-state index in [-0.39, 0.29) is 0 Å². The van der Waals surface area contributed by atoms with E-state index < -0.39 is 0 Å². The molecule has 0 aliphatic carbocycles. The largest absolute Gasteiger partial charge is 0.394 e. The summed E-state index contributed by atoms with van der Waals surface area (Å²) in [6.07, 6.45) is 5.08. The second kappa shape index (κ2) is 12.3. The number of oxime groups is 1. The summed E-state index contributed by atoms with van der Waals surface area (Å²) in [5.74, 6) is 4.80. The van der Waals surface area contributed by atoms with E-state index in [0.29, 0.717) is 26.4 Å². The van der Waals surface area contributed by atoms with Gasteiger partial charge in [0.05, 0.1) is 19.8 Å². The van der Waals surface area contributed by atoms with Crippen molar-refractivity contribution in [3.8, 4) is 0 Å². The molecular formula is C9H20N2O3. The summed E-state index contributed by atoms with van der Waals surface area (Å²) in [4.78, 5) is 9.25. The topological polar surface area (TPSA) is 66.1 Å². The Morgan fingerprint density at radius 2 is 2.00 bits per heavy atom. The van der Waals surface area contributed by atoms with E-state index in [0.717, 1.165) is 12.8 Å². The highest BCUT2D eigenvalue weighted by Gasteiger charge is 1.87. The summed E-state index contributed by atoms with van der Waals surface area (Å²) in [5, 5.41) is 3.77. The van der Waals surface area contributed by atoms with E-state index >= 15 is 0 Å². The van der Waals surface area contributed by atoms with Gasteiger partial charge in [0, 0.05) is 6.21 Å². The van der Waals surface area contributed by atoms with Gasteiger partial charge in [-0.15, -0.1) is 0 Å². The highest BCUT2D eigenvalue weighted by atomic mass is 16.6. The molecule has 2 N–H and O–H groups in total. The fraction of sp³-hybridized carbons (Fsp3) is 0.889. The summed E-state index contributed by atoms with van der Waals surface area (Å²) in [6.45, 7) is 4.00. The minimum absolute atomic E-state index is 0.403. The number of unbranched alkanes of at least 4 members (excludes halogenated alkanes) is 2. The number of hydrogen-bond donors (Lipinski definition) is 1. The van der Waals surface area contributed by atoms with Crippen LogP contribution in [-0.4, -0.2) is 32.6 Å². The molecule has 0 radical (unpaired) electrons. The Morgan fingerprint density at radius 3 is 2.71 bits per heavy atom. The van der Waals surface area contributed by atoms with Gasteiger partial charge in [0.25, 0.3) is 0 Å². The molecule has 0 aliphatic heterocycles. The molecule has 0 saturated carbocycles. The van der Waals surface area contributed by atoms with Crippen LogP contribution in [0.15, 0.2) is 5.16 Å². The van der Waals surface area contributed by atoms with Gasteiger partial charge < -0.3 is 14.4 Å². The minimum Gasteiger partial charge on any atom is -0.394 e. The van der Waals surface area contributed by atoms with Crippen LogP contribution in [0.3, 0.4) is 0 Å². The van der Waals surface area contributed by atoms with Gasteiger partial charge in [-0.25, -0.2) is 5.90 Å². The molecular weight excluding hydrogens is 184 g/mol. The molecule has 0 aromatic rings. The highest BCUT2D eigenvalue weighted by molar-refractivity contribution is 5.55. The molecule has 5 heteroatoms. The van der Waals surface area contributed by atoms with Crippen LogP contribution in [0.1, 0.15) is 26.2 Å². The van der Waals surface area contributed by atoms with Crippen LogP contribution < -0.4 is 5.90 Å². The molecule has 84 valence electrons. The number of nitrogens with zero attached hydrogens (tertiary/aromatic N) is 1. The smallest absolute Gasteiger partial charge is 0.140 e. The van der Waals surface area contributed by atoms with E-state index in [1.54, 1.807) is 6.21 Å². The second-order valence-corrected chi connectivity index (χ2v) is 2.75. The van der Waals surface area contributed by atoms with E-state index in [1.165, 1.54) is 6.42 Å². The predicted molar refractivity (Wildman–Crippen MR) is 54.9 cm³/mol. The monoisotopic (exact) mass is 204 g/mol. The van der Waals surface area contributed by atoms with Crippen molar-refractivity contribution in [3.63, 3.8) is 0 Å². The Morgan fingerprint density at radius 1 is 1.21 bits per heavy atom. The van der Waals surface area contributed by atoms with Crippen LogP contribution in [0.2, 0.25) is 0 Å². The van der Waals surface area contributed by atoms with Gasteiger partial charge in [0.1, 0.15) is 6.61 Å². The van der Waals surface area contributed by atoms with E-state index in [4.69, 9.17) is 15.5 Å². The van der Waals surface area contributed by atoms with Gasteiger partial charge in [-0.1, -0.05) is 18.5 Å². The molecule has 0 amide bonds. The van der Waals surface area contributed by atoms with Crippen molar-refractivity contribution in [2.45, 2.75) is 26.2 Å². The Bertz CT molecular complexity index is 131. The zero-order valence-corrected chi connectivity index (χ0v) is 8.78. The lowest BCUT2D eigenvalue weighted by Crippen LogP contribution is -2.10. The fourth-order valence-corrected chi connectivity index (χ4v) is 0.759. The maximum Gasteiger partial charge on any atom is 0.140 e. The normalized spacial score (nSPS) is 11.0. The van der Waals surface area contributed by atoms with Gasteiger partial charge in [0.2, 0.25) is 0 Å².